The van der Waals surface area contributed by atoms with Crippen LogP contribution in [0.25, 0.3) is 0 Å². The van der Waals surface area contributed by atoms with Crippen LogP contribution in [0.1, 0.15) is 50.2 Å². The maximum atomic E-state index is 9.92. The molecule has 2 heteroatoms. The molecule has 1 aromatic rings. The summed E-state index contributed by atoms with van der Waals surface area (Å²) in [5, 5.41) is 19.8. The minimum atomic E-state index is 0.161. The zero-order chi connectivity index (χ0) is 14.4. The highest BCUT2D eigenvalue weighted by atomic mass is 16.3. The van der Waals surface area contributed by atoms with Crippen molar-refractivity contribution < 1.29 is 10.2 Å². The number of benzene rings is 1. The first-order valence-electron chi connectivity index (χ1n) is 6.76. The fourth-order valence-corrected chi connectivity index (χ4v) is 2.48. The van der Waals surface area contributed by atoms with E-state index < -0.39 is 0 Å². The average molecular weight is 260 g/mol. The van der Waals surface area contributed by atoms with Gasteiger partial charge in [0.25, 0.3) is 0 Å². The molecule has 2 N–H and O–H groups in total. The Bertz CT molecular complexity index is 449. The highest BCUT2D eigenvalue weighted by Gasteiger charge is 2.20. The monoisotopic (exact) mass is 260 g/mol. The van der Waals surface area contributed by atoms with E-state index in [1.807, 2.05) is 13.8 Å². The third-order valence-corrected chi connectivity index (χ3v) is 3.22. The van der Waals surface area contributed by atoms with Crippen LogP contribution in [0, 0.1) is 6.92 Å². The Morgan fingerprint density at radius 1 is 1.21 bits per heavy atom. The Balaban J connectivity index is 0.000000550. The number of phenols is 2. The van der Waals surface area contributed by atoms with Gasteiger partial charge >= 0.3 is 0 Å². The third kappa shape index (κ3) is 4.16. The summed E-state index contributed by atoms with van der Waals surface area (Å²) in [4.78, 5) is 0. The summed E-state index contributed by atoms with van der Waals surface area (Å²) in [6.45, 7) is 9.22. The first-order valence-corrected chi connectivity index (χ1v) is 6.76. The Hall–Kier alpha value is -1.70. The lowest BCUT2D eigenvalue weighted by Gasteiger charge is -2.21. The molecule has 0 aliphatic heterocycles. The predicted molar refractivity (Wildman–Crippen MR) is 80.7 cm³/mol. The molecule has 0 heterocycles. The second-order valence-corrected chi connectivity index (χ2v) is 5.14. The van der Waals surface area contributed by atoms with Crippen molar-refractivity contribution in [1.82, 2.24) is 0 Å². The van der Waals surface area contributed by atoms with Crippen LogP contribution in [0.5, 0.6) is 11.5 Å². The number of rotatable bonds is 1. The van der Waals surface area contributed by atoms with Gasteiger partial charge < -0.3 is 10.2 Å². The minimum Gasteiger partial charge on any atom is -0.507 e. The summed E-state index contributed by atoms with van der Waals surface area (Å²) >= 11 is 0. The molecular formula is C17H24O2. The number of aromatic hydroxyl groups is 2. The van der Waals surface area contributed by atoms with Crippen molar-refractivity contribution >= 4 is 0 Å². The molecule has 1 aromatic carbocycles. The molecule has 2 nitrogen and oxygen atoms in total. The van der Waals surface area contributed by atoms with Crippen LogP contribution in [0.15, 0.2) is 36.4 Å². The molecule has 1 atom stereocenters. The Morgan fingerprint density at radius 3 is 2.21 bits per heavy atom. The smallest absolute Gasteiger partial charge is 0.123 e. The molecule has 104 valence electrons. The van der Waals surface area contributed by atoms with E-state index >= 15 is 0 Å². The first kappa shape index (κ1) is 15.4. The Labute approximate surface area is 116 Å². The third-order valence-electron chi connectivity index (χ3n) is 3.22. The van der Waals surface area contributed by atoms with E-state index in [0.29, 0.717) is 5.56 Å². The van der Waals surface area contributed by atoms with E-state index in [2.05, 4.69) is 19.6 Å². The lowest BCUT2D eigenvalue weighted by molar-refractivity contribution is 0.428. The summed E-state index contributed by atoms with van der Waals surface area (Å²) in [6, 6.07) is 3.43. The predicted octanol–water partition coefficient (Wildman–Crippen LogP) is 4.81. The SMILES string of the molecule is C=CC.CC1=C[C@@H](c2c(O)cc(C)cc2O)CCC1. The van der Waals surface area contributed by atoms with Crippen LogP contribution in [0.2, 0.25) is 0 Å². The number of aryl methyl sites for hydroxylation is 1. The molecule has 1 aliphatic carbocycles. The van der Waals surface area contributed by atoms with Gasteiger partial charge in [0, 0.05) is 11.5 Å². The van der Waals surface area contributed by atoms with E-state index in [4.69, 9.17) is 0 Å². The maximum absolute atomic E-state index is 9.92. The normalized spacial score (nSPS) is 18.1. The summed E-state index contributed by atoms with van der Waals surface area (Å²) in [6.07, 6.45) is 7.17. The van der Waals surface area contributed by atoms with Crippen molar-refractivity contribution in [3.63, 3.8) is 0 Å². The van der Waals surface area contributed by atoms with Crippen LogP contribution in [-0.2, 0) is 0 Å². The fraction of sp³-hybridized carbons (Fsp3) is 0.412. The van der Waals surface area contributed by atoms with Crippen molar-refractivity contribution in [3.8, 4) is 11.5 Å². The summed E-state index contributed by atoms with van der Waals surface area (Å²) < 4.78 is 0. The molecule has 0 unspecified atom stereocenters. The van der Waals surface area contributed by atoms with Crippen molar-refractivity contribution in [1.29, 1.82) is 0 Å². The number of hydrogen-bond donors (Lipinski definition) is 2. The van der Waals surface area contributed by atoms with E-state index in [1.54, 1.807) is 18.2 Å². The van der Waals surface area contributed by atoms with Gasteiger partial charge in [0.15, 0.2) is 0 Å². The second-order valence-electron chi connectivity index (χ2n) is 5.14. The topological polar surface area (TPSA) is 40.5 Å². The van der Waals surface area contributed by atoms with Crippen LogP contribution >= 0.6 is 0 Å². The molecule has 1 aliphatic rings. The summed E-state index contributed by atoms with van der Waals surface area (Å²) in [5.74, 6) is 0.594. The van der Waals surface area contributed by atoms with Crippen molar-refractivity contribution in [3.05, 3.63) is 47.6 Å². The molecule has 0 radical (unpaired) electrons. The minimum absolute atomic E-state index is 0.161. The molecule has 19 heavy (non-hydrogen) atoms. The lowest BCUT2D eigenvalue weighted by atomic mass is 9.85. The molecule has 0 spiro atoms. The average Bonchev–Trinajstić information content (AvgIpc) is 2.28. The molecule has 0 fully saturated rings. The molecule has 2 rings (SSSR count). The van der Waals surface area contributed by atoms with Gasteiger partial charge in [0.1, 0.15) is 11.5 Å². The van der Waals surface area contributed by atoms with E-state index in [0.717, 1.165) is 24.8 Å². The summed E-state index contributed by atoms with van der Waals surface area (Å²) in [7, 11) is 0. The number of hydrogen-bond acceptors (Lipinski definition) is 2. The van der Waals surface area contributed by atoms with Gasteiger partial charge in [-0.05, 0) is 57.7 Å². The van der Waals surface area contributed by atoms with Gasteiger partial charge in [-0.1, -0.05) is 17.7 Å². The van der Waals surface area contributed by atoms with E-state index in [-0.39, 0.29) is 17.4 Å². The van der Waals surface area contributed by atoms with Crippen LogP contribution in [0.3, 0.4) is 0 Å². The van der Waals surface area contributed by atoms with Crippen molar-refractivity contribution in [2.45, 2.75) is 46.0 Å². The van der Waals surface area contributed by atoms with Crippen LogP contribution < -0.4 is 0 Å². The molecular weight excluding hydrogens is 236 g/mol. The van der Waals surface area contributed by atoms with Gasteiger partial charge in [-0.15, -0.1) is 6.58 Å². The van der Waals surface area contributed by atoms with Gasteiger partial charge in [-0.25, -0.2) is 0 Å². The quantitative estimate of drug-likeness (QED) is 0.711. The summed E-state index contributed by atoms with van der Waals surface area (Å²) in [5.41, 5.74) is 2.91. The molecule has 0 aromatic heterocycles. The molecule has 0 amide bonds. The highest BCUT2D eigenvalue weighted by Crippen LogP contribution is 2.41. The fourth-order valence-electron chi connectivity index (χ4n) is 2.48. The zero-order valence-corrected chi connectivity index (χ0v) is 12.1. The van der Waals surface area contributed by atoms with Crippen LogP contribution in [0.4, 0.5) is 0 Å². The molecule has 0 bridgehead atoms. The van der Waals surface area contributed by atoms with Crippen molar-refractivity contribution in [2.75, 3.05) is 0 Å². The molecule has 0 saturated carbocycles. The number of phenolic OH excluding ortho intramolecular Hbond substituents is 2. The largest absolute Gasteiger partial charge is 0.507 e. The van der Waals surface area contributed by atoms with E-state index in [9.17, 15) is 10.2 Å². The standard InChI is InChI=1S/C14H18O2.C3H6/c1-9-4-3-5-11(6-9)14-12(15)7-10(2)8-13(14)16;1-3-2/h6-8,11,15-16H,3-5H2,1-2H3;3H,1H2,2H3/t11-;/m0./s1. The van der Waals surface area contributed by atoms with Crippen LogP contribution in [-0.4, -0.2) is 10.2 Å². The van der Waals surface area contributed by atoms with Gasteiger partial charge in [-0.2, -0.15) is 0 Å². The second kappa shape index (κ2) is 7.03. The number of allylic oxidation sites excluding steroid dienone is 3. The van der Waals surface area contributed by atoms with Gasteiger partial charge in [-0.3, -0.25) is 0 Å². The Morgan fingerprint density at radius 2 is 1.74 bits per heavy atom. The lowest BCUT2D eigenvalue weighted by Crippen LogP contribution is -2.03. The Kier molecular flexibility index (Phi) is 5.68. The first-order chi connectivity index (χ1) is 8.99. The van der Waals surface area contributed by atoms with Gasteiger partial charge in [0.2, 0.25) is 0 Å². The van der Waals surface area contributed by atoms with Crippen molar-refractivity contribution in [2.24, 2.45) is 0 Å². The van der Waals surface area contributed by atoms with E-state index in [1.165, 1.54) is 5.57 Å². The highest BCUT2D eigenvalue weighted by molar-refractivity contribution is 5.50. The van der Waals surface area contributed by atoms with Gasteiger partial charge in [0.05, 0.1) is 0 Å². The zero-order valence-electron chi connectivity index (χ0n) is 12.1. The maximum Gasteiger partial charge on any atom is 0.123 e. The molecule has 0 saturated heterocycles.